The first-order chi connectivity index (χ1) is 20.5. The predicted octanol–water partition coefficient (Wildman–Crippen LogP) is 2.54. The van der Waals surface area contributed by atoms with Crippen LogP contribution in [0.2, 0.25) is 5.02 Å². The van der Waals surface area contributed by atoms with Crippen molar-refractivity contribution in [1.29, 1.82) is 0 Å². The first kappa shape index (κ1) is 32.4. The van der Waals surface area contributed by atoms with Gasteiger partial charge in [-0.2, -0.15) is 0 Å². The summed E-state index contributed by atoms with van der Waals surface area (Å²) < 4.78 is 0. The number of hydrogen-bond donors (Lipinski definition) is 3. The Bertz CT molecular complexity index is 1290. The van der Waals surface area contributed by atoms with Gasteiger partial charge in [-0.05, 0) is 43.9 Å². The molecule has 1 saturated heterocycles. The highest BCUT2D eigenvalue weighted by molar-refractivity contribution is 6.30. The van der Waals surface area contributed by atoms with Crippen LogP contribution in [0.5, 0.6) is 0 Å². The van der Waals surface area contributed by atoms with Crippen LogP contribution in [0, 0.1) is 0 Å². The van der Waals surface area contributed by atoms with E-state index in [-0.39, 0.29) is 30.3 Å². The molecular formula is C30H42ClN7O5. The Hall–Kier alpha value is -3.48. The number of carbonyl (C=O) groups excluding carboxylic acids is 2. The van der Waals surface area contributed by atoms with Crippen LogP contribution in [0.4, 0.5) is 10.6 Å². The molecule has 1 fully saturated rings. The van der Waals surface area contributed by atoms with Gasteiger partial charge >= 0.3 is 6.09 Å². The number of nitrogens with one attached hydrogen (secondary N) is 1. The fraction of sp³-hybridized carbons (Fsp3) is 0.567. The number of likely N-dealkylation sites (N-methyl/N-ethyl adjacent to an activating group) is 1. The normalized spacial score (nSPS) is 19.0. The zero-order chi connectivity index (χ0) is 31.3. The number of nitrogens with zero attached hydrogens (tertiary/aromatic N) is 6. The molecule has 2 aromatic rings. The number of benzene rings is 1. The van der Waals surface area contributed by atoms with E-state index in [9.17, 15) is 19.5 Å². The van der Waals surface area contributed by atoms with E-state index in [1.807, 2.05) is 30.9 Å². The van der Waals surface area contributed by atoms with Crippen LogP contribution in [-0.4, -0.2) is 118 Å². The summed E-state index contributed by atoms with van der Waals surface area (Å²) in [6.45, 7) is 9.55. The lowest BCUT2D eigenvalue weighted by Gasteiger charge is -2.39. The first-order valence-electron chi connectivity index (χ1n) is 14.7. The molecule has 12 nitrogen and oxygen atoms in total. The van der Waals surface area contributed by atoms with Crippen molar-refractivity contribution in [2.75, 3.05) is 64.3 Å². The van der Waals surface area contributed by atoms with Crippen molar-refractivity contribution in [2.45, 2.75) is 51.2 Å². The lowest BCUT2D eigenvalue weighted by Crippen LogP contribution is -2.52. The number of fused-ring (bicyclic) bond motifs is 1. The molecule has 234 valence electrons. The maximum Gasteiger partial charge on any atom is 0.405 e. The summed E-state index contributed by atoms with van der Waals surface area (Å²) in [7, 11) is 1.64. The Labute approximate surface area is 257 Å². The number of hydrogen-bond acceptors (Lipinski definition) is 8. The third-order valence-corrected chi connectivity index (χ3v) is 8.68. The van der Waals surface area contributed by atoms with Crippen LogP contribution < -0.4 is 10.2 Å². The number of amides is 3. The molecule has 3 N–H and O–H groups in total. The largest absolute Gasteiger partial charge is 0.465 e. The zero-order valence-electron chi connectivity index (χ0n) is 25.2. The average molecular weight is 616 g/mol. The second-order valence-electron chi connectivity index (χ2n) is 11.6. The number of anilines is 1. The van der Waals surface area contributed by atoms with E-state index >= 15 is 0 Å². The number of aromatic nitrogens is 2. The highest BCUT2D eigenvalue weighted by atomic mass is 35.5. The van der Waals surface area contributed by atoms with Gasteiger partial charge in [0.05, 0.1) is 17.7 Å². The average Bonchev–Trinajstić information content (AvgIpc) is 3.29. The second-order valence-corrected chi connectivity index (χ2v) is 12.1. The van der Waals surface area contributed by atoms with E-state index in [4.69, 9.17) is 16.7 Å². The van der Waals surface area contributed by atoms with Gasteiger partial charge in [-0.25, -0.2) is 14.8 Å². The summed E-state index contributed by atoms with van der Waals surface area (Å²) in [6.07, 6.45) is 0.332. The third-order valence-electron chi connectivity index (χ3n) is 8.43. The summed E-state index contributed by atoms with van der Waals surface area (Å²) in [4.78, 5) is 53.9. The van der Waals surface area contributed by atoms with E-state index in [1.165, 1.54) is 11.2 Å². The van der Waals surface area contributed by atoms with Crippen LogP contribution in [-0.2, 0) is 9.59 Å². The number of piperazine rings is 1. The smallest absolute Gasteiger partial charge is 0.405 e. The molecular weight excluding hydrogens is 574 g/mol. The molecule has 0 radical (unpaired) electrons. The highest BCUT2D eigenvalue weighted by Crippen LogP contribution is 2.42. The van der Waals surface area contributed by atoms with Crippen LogP contribution in [0.15, 0.2) is 30.6 Å². The zero-order valence-corrected chi connectivity index (χ0v) is 26.0. The molecule has 43 heavy (non-hydrogen) atoms. The fourth-order valence-corrected chi connectivity index (χ4v) is 5.94. The Kier molecular flexibility index (Phi) is 10.8. The maximum atomic E-state index is 14.1. The summed E-state index contributed by atoms with van der Waals surface area (Å²) >= 11 is 6.18. The van der Waals surface area contributed by atoms with Crippen molar-refractivity contribution in [1.82, 2.24) is 30.0 Å². The molecule has 0 saturated carbocycles. The van der Waals surface area contributed by atoms with E-state index in [1.54, 1.807) is 19.2 Å². The molecule has 2 aliphatic rings. The van der Waals surface area contributed by atoms with Crippen molar-refractivity contribution in [3.8, 4) is 0 Å². The van der Waals surface area contributed by atoms with E-state index in [0.717, 1.165) is 16.9 Å². The van der Waals surface area contributed by atoms with E-state index in [2.05, 4.69) is 32.0 Å². The van der Waals surface area contributed by atoms with Crippen LogP contribution >= 0.6 is 11.6 Å². The van der Waals surface area contributed by atoms with Gasteiger partial charge in [-0.1, -0.05) is 30.7 Å². The number of carboxylic acid groups (broad SMARTS) is 1. The maximum absolute atomic E-state index is 14.1. The van der Waals surface area contributed by atoms with E-state index in [0.29, 0.717) is 63.0 Å². The van der Waals surface area contributed by atoms with Crippen LogP contribution in [0.25, 0.3) is 0 Å². The van der Waals surface area contributed by atoms with Gasteiger partial charge in [0.2, 0.25) is 11.8 Å². The Morgan fingerprint density at radius 2 is 1.77 bits per heavy atom. The minimum Gasteiger partial charge on any atom is -0.465 e. The van der Waals surface area contributed by atoms with Crippen molar-refractivity contribution < 1.29 is 24.6 Å². The topological polar surface area (TPSA) is 142 Å². The second kappa shape index (κ2) is 14.3. The number of aliphatic hydroxyl groups is 1. The van der Waals surface area contributed by atoms with Gasteiger partial charge in [-0.3, -0.25) is 14.5 Å². The fourth-order valence-electron chi connectivity index (χ4n) is 5.82. The molecule has 3 atom stereocenters. The Morgan fingerprint density at radius 3 is 2.40 bits per heavy atom. The first-order valence-corrected chi connectivity index (χ1v) is 15.1. The molecule has 1 aliphatic carbocycles. The summed E-state index contributed by atoms with van der Waals surface area (Å²) in [5.74, 6) is 0.268. The molecule has 1 unspecified atom stereocenters. The molecule has 4 rings (SSSR count). The Balaban J connectivity index is 1.45. The SMILES string of the molecule is CC(C)N(CCN(C)C(=O)CNC(=O)O)CC(C(=O)N1CCN(c2ncnc3c2[C@H](C)C[C@H]3O)CC1)c1ccc(Cl)cc1. The van der Waals surface area contributed by atoms with E-state index < -0.39 is 18.1 Å². The Morgan fingerprint density at radius 1 is 1.09 bits per heavy atom. The minimum absolute atomic E-state index is 0.0272. The van der Waals surface area contributed by atoms with Crippen molar-refractivity contribution >= 4 is 35.3 Å². The third kappa shape index (κ3) is 7.92. The quantitative estimate of drug-likeness (QED) is 0.347. The molecule has 1 aromatic carbocycles. The van der Waals surface area contributed by atoms with Gasteiger partial charge in [-0.15, -0.1) is 0 Å². The number of halogens is 1. The summed E-state index contributed by atoms with van der Waals surface area (Å²) in [5, 5.41) is 21.9. The molecule has 3 amide bonds. The summed E-state index contributed by atoms with van der Waals surface area (Å²) in [6, 6.07) is 7.47. The highest BCUT2D eigenvalue weighted by Gasteiger charge is 2.35. The lowest BCUT2D eigenvalue weighted by molar-refractivity contribution is -0.134. The van der Waals surface area contributed by atoms with Crippen molar-refractivity contribution in [2.24, 2.45) is 0 Å². The number of carbonyl (C=O) groups is 3. The number of rotatable bonds is 11. The molecule has 0 bridgehead atoms. The minimum atomic E-state index is -1.25. The monoisotopic (exact) mass is 615 g/mol. The van der Waals surface area contributed by atoms with Crippen molar-refractivity contribution in [3.63, 3.8) is 0 Å². The van der Waals surface area contributed by atoms with Gasteiger partial charge in [0.25, 0.3) is 0 Å². The predicted molar refractivity (Wildman–Crippen MR) is 163 cm³/mol. The lowest BCUT2D eigenvalue weighted by atomic mass is 9.95. The molecule has 0 spiro atoms. The standard InChI is InChI=1S/C30H42ClN7O5/c1-19(2)38(10-9-35(4)25(40)16-32-30(42)43)17-23(21-5-7-22(31)8-6-21)29(41)37-13-11-36(12-14-37)28-26-20(3)15-24(39)27(26)33-18-34-28/h5-8,18-20,23-24,32,39H,9-17H2,1-4H3,(H,42,43)/t20-,23?,24-/m1/s1. The molecule has 13 heteroatoms. The van der Waals surface area contributed by atoms with Gasteiger partial charge < -0.3 is 30.2 Å². The molecule has 1 aromatic heterocycles. The van der Waals surface area contributed by atoms with Crippen molar-refractivity contribution in [3.05, 3.63) is 52.4 Å². The number of aliphatic hydroxyl groups excluding tert-OH is 1. The van der Waals surface area contributed by atoms with Gasteiger partial charge in [0.1, 0.15) is 18.7 Å². The molecule has 1 aliphatic heterocycles. The van der Waals surface area contributed by atoms with Gasteiger partial charge in [0.15, 0.2) is 0 Å². The van der Waals surface area contributed by atoms with Crippen LogP contribution in [0.3, 0.4) is 0 Å². The van der Waals surface area contributed by atoms with Crippen LogP contribution in [0.1, 0.15) is 62.0 Å². The van der Waals surface area contributed by atoms with Gasteiger partial charge in [0, 0.05) is 69.5 Å². The molecule has 2 heterocycles. The summed E-state index contributed by atoms with van der Waals surface area (Å²) in [5.41, 5.74) is 2.58.